The minimum Gasteiger partial charge on any atom is -0.542 e. The van der Waals surface area contributed by atoms with Gasteiger partial charge in [0, 0.05) is 53.8 Å². The fourth-order valence-corrected chi connectivity index (χ4v) is 10.5. The van der Waals surface area contributed by atoms with Crippen LogP contribution in [-0.4, -0.2) is 25.9 Å². The summed E-state index contributed by atoms with van der Waals surface area (Å²) in [6.07, 6.45) is 1.12. The first kappa shape index (κ1) is 45.9. The second-order valence-electron chi connectivity index (χ2n) is 15.0. The van der Waals surface area contributed by atoms with E-state index < -0.39 is 64.0 Å². The summed E-state index contributed by atoms with van der Waals surface area (Å²) < 4.78 is 84.7. The van der Waals surface area contributed by atoms with Gasteiger partial charge in [-0.1, -0.05) is 91.2 Å². The molecular formula is C46H43O11PrS2Si. The Morgan fingerprint density at radius 2 is 1.08 bits per heavy atom. The van der Waals surface area contributed by atoms with E-state index in [1.54, 1.807) is 56.3 Å². The molecule has 0 aliphatic heterocycles. The zero-order valence-corrected chi connectivity index (χ0v) is 40.6. The monoisotopic (exact) mass is 1000 g/mol. The van der Waals surface area contributed by atoms with Gasteiger partial charge >= 0.3 is 31.5 Å². The molecule has 2 heterocycles. The second-order valence-corrected chi connectivity index (χ2v) is 20.9. The molecule has 0 spiro atoms. The Labute approximate surface area is 389 Å². The maximum absolute atomic E-state index is 14.1. The van der Waals surface area contributed by atoms with Crippen LogP contribution < -0.4 is 24.0 Å². The van der Waals surface area contributed by atoms with Crippen LogP contribution in [0.25, 0.3) is 21.9 Å². The summed E-state index contributed by atoms with van der Waals surface area (Å²) in [6, 6.07) is 32.0. The van der Waals surface area contributed by atoms with E-state index in [0.29, 0.717) is 5.75 Å². The smallest absolute Gasteiger partial charge is 0.343 e. The molecule has 7 rings (SSSR count). The summed E-state index contributed by atoms with van der Waals surface area (Å²) in [4.78, 5) is 27.5. The first-order valence-corrected chi connectivity index (χ1v) is 23.8. The standard InChI is InChI=1S/C46H43O11S2Si.Pr/c1-29(2)60(26-8-9-33-18-12-30(3)13-19-33)57-34-20-25-38-42(27-34)54-46(48)40(44(38)56-59(51,52)36-23-16-32(5)17-24-36)28-39-43(37-10-6-7-11-41(37)53-45(39)47)55-58(49,50)35-21-14-31(4)15-22-35;/h6-7,10-25,27,29H,8-9,26,28H2,1-5H3;. The van der Waals surface area contributed by atoms with Gasteiger partial charge in [0.2, 0.25) is 0 Å². The van der Waals surface area contributed by atoms with Gasteiger partial charge in [0.25, 0.3) is 9.04 Å². The zero-order valence-electron chi connectivity index (χ0n) is 34.3. The van der Waals surface area contributed by atoms with Gasteiger partial charge in [-0.3, -0.25) is 0 Å². The van der Waals surface area contributed by atoms with E-state index >= 15 is 0 Å². The van der Waals surface area contributed by atoms with Crippen molar-refractivity contribution < 1.29 is 79.8 Å². The zero-order chi connectivity index (χ0) is 42.8. The molecule has 0 N–H and O–H groups in total. The first-order chi connectivity index (χ1) is 28.6. The number of aryl methyl sites for hydroxylation is 4. The van der Waals surface area contributed by atoms with Gasteiger partial charge in [-0.25, -0.2) is 9.59 Å². The molecule has 0 saturated carbocycles. The number of fused-ring (bicyclic) bond motifs is 2. The fourth-order valence-electron chi connectivity index (χ4n) is 6.64. The van der Waals surface area contributed by atoms with E-state index in [9.17, 15) is 26.4 Å². The van der Waals surface area contributed by atoms with Crippen molar-refractivity contribution in [1.29, 1.82) is 0 Å². The van der Waals surface area contributed by atoms with Crippen LogP contribution >= 0.6 is 0 Å². The molecule has 7 aromatic rings. The molecule has 0 saturated heterocycles. The average molecular weight is 1000 g/mol. The fraction of sp³-hybridized carbons (Fsp3) is 0.217. The van der Waals surface area contributed by atoms with E-state index in [2.05, 4.69) is 45.0 Å². The molecule has 0 aliphatic carbocycles. The summed E-state index contributed by atoms with van der Waals surface area (Å²) in [5.74, 6) is -0.389. The Hall–Kier alpha value is -4.60. The first-order valence-electron chi connectivity index (χ1n) is 19.3. The van der Waals surface area contributed by atoms with Crippen LogP contribution in [0.4, 0.5) is 0 Å². The Morgan fingerprint density at radius 1 is 0.607 bits per heavy atom. The largest absolute Gasteiger partial charge is 0.542 e. The van der Waals surface area contributed by atoms with E-state index in [-0.39, 0.29) is 84.1 Å². The molecule has 0 unspecified atom stereocenters. The Balaban J connectivity index is 0.00000622. The molecule has 5 aromatic carbocycles. The molecule has 61 heavy (non-hydrogen) atoms. The van der Waals surface area contributed by atoms with Crippen molar-refractivity contribution >= 4 is 51.2 Å². The molecule has 0 bridgehead atoms. The number of benzene rings is 5. The molecule has 2 aromatic heterocycles. The summed E-state index contributed by atoms with van der Waals surface area (Å²) in [5.41, 5.74) is 1.45. The molecule has 0 aliphatic rings. The third-order valence-corrected chi connectivity index (χ3v) is 15.1. The van der Waals surface area contributed by atoms with Crippen LogP contribution in [-0.2, 0) is 33.1 Å². The minimum atomic E-state index is -4.59. The predicted molar refractivity (Wildman–Crippen MR) is 232 cm³/mol. The molecule has 15 heteroatoms. The maximum Gasteiger partial charge on any atom is 0.343 e. The van der Waals surface area contributed by atoms with Crippen LogP contribution in [0.1, 0.15) is 53.6 Å². The van der Waals surface area contributed by atoms with Gasteiger partial charge in [-0.15, -0.1) is 0 Å². The van der Waals surface area contributed by atoms with Crippen LogP contribution in [0.5, 0.6) is 17.2 Å². The predicted octanol–water partition coefficient (Wildman–Crippen LogP) is 9.36. The van der Waals surface area contributed by atoms with E-state index in [0.717, 1.165) is 30.0 Å². The number of hydrogen-bond donors (Lipinski definition) is 0. The summed E-state index contributed by atoms with van der Waals surface area (Å²) >= 11 is 0. The van der Waals surface area contributed by atoms with Crippen LogP contribution in [0.15, 0.2) is 143 Å². The Bertz CT molecular complexity index is 3040. The minimum absolute atomic E-state index is 0. The molecule has 312 valence electrons. The third-order valence-electron chi connectivity index (χ3n) is 10.0. The van der Waals surface area contributed by atoms with Crippen LogP contribution in [0, 0.1) is 62.1 Å². The van der Waals surface area contributed by atoms with Crippen molar-refractivity contribution in [1.82, 2.24) is 0 Å². The van der Waals surface area contributed by atoms with Gasteiger partial charge in [0.15, 0.2) is 11.5 Å². The SMILES string of the molecule is Cc1ccc(CCC[Si](Oc2ccc3c(OS(=O)(=O)c4ccc(C)cc4)c(Cc4c(OS(=O)(=O)c5ccc(C)cc5)c5ccccc5oc4=O)c(=O)oc3c2)C(C)C)cc1.[Pr]. The number of hydrogen-bond acceptors (Lipinski definition) is 11. The quantitative estimate of drug-likeness (QED) is 0.0548. The number of para-hydroxylation sites is 1. The van der Waals surface area contributed by atoms with Crippen molar-refractivity contribution in [3.63, 3.8) is 0 Å². The molecule has 0 atom stereocenters. The summed E-state index contributed by atoms with van der Waals surface area (Å²) in [5, 5.41) is 0.205. The molecule has 11 nitrogen and oxygen atoms in total. The Kier molecular flexibility index (Phi) is 14.5. The van der Waals surface area contributed by atoms with Gasteiger partial charge in [-0.2, -0.15) is 16.8 Å². The van der Waals surface area contributed by atoms with Gasteiger partial charge in [0.05, 0.1) is 21.9 Å². The van der Waals surface area contributed by atoms with Crippen molar-refractivity contribution in [2.45, 2.75) is 75.3 Å². The average Bonchev–Trinajstić information content (AvgIpc) is 3.20. The van der Waals surface area contributed by atoms with Crippen molar-refractivity contribution in [2.24, 2.45) is 0 Å². The van der Waals surface area contributed by atoms with E-state index in [1.165, 1.54) is 59.7 Å². The molecule has 0 fully saturated rings. The van der Waals surface area contributed by atoms with Gasteiger partial charge in [-0.05, 0) is 99.3 Å². The topological polar surface area (TPSA) is 156 Å². The second kappa shape index (κ2) is 19.2. The van der Waals surface area contributed by atoms with Crippen molar-refractivity contribution in [3.05, 3.63) is 169 Å². The molecule has 2 radical (unpaired) electrons. The summed E-state index contributed by atoms with van der Waals surface area (Å²) in [6.45, 7) is 9.85. The third kappa shape index (κ3) is 10.7. The maximum atomic E-state index is 14.1. The van der Waals surface area contributed by atoms with Crippen LogP contribution in [0.3, 0.4) is 0 Å². The summed E-state index contributed by atoms with van der Waals surface area (Å²) in [7, 11) is -10.5. The van der Waals surface area contributed by atoms with E-state index in [1.807, 2.05) is 0 Å². The Morgan fingerprint density at radius 3 is 1.61 bits per heavy atom. The normalized spacial score (nSPS) is 11.9. The van der Waals surface area contributed by atoms with Gasteiger partial charge in [0.1, 0.15) is 26.7 Å². The van der Waals surface area contributed by atoms with Crippen molar-refractivity contribution in [3.8, 4) is 17.2 Å². The number of rotatable bonds is 15. The van der Waals surface area contributed by atoms with Gasteiger partial charge < -0.3 is 21.6 Å². The van der Waals surface area contributed by atoms with Crippen molar-refractivity contribution in [2.75, 3.05) is 0 Å². The van der Waals surface area contributed by atoms with Crippen LogP contribution in [0.2, 0.25) is 11.6 Å². The molecular weight excluding hydrogens is 962 g/mol. The van der Waals surface area contributed by atoms with E-state index in [4.69, 9.17) is 21.6 Å². The molecule has 0 amide bonds.